The Kier molecular flexibility index (Phi) is 6.34. The van der Waals surface area contributed by atoms with Crippen LogP contribution in [0, 0.1) is 5.92 Å². The summed E-state index contributed by atoms with van der Waals surface area (Å²) in [6.07, 6.45) is 7.75. The summed E-state index contributed by atoms with van der Waals surface area (Å²) in [5.41, 5.74) is 5.52. The van der Waals surface area contributed by atoms with Gasteiger partial charge in [-0.1, -0.05) is 45.4 Å². The fourth-order valence-electron chi connectivity index (χ4n) is 4.20. The van der Waals surface area contributed by atoms with Crippen LogP contribution in [0.15, 0.2) is 55.0 Å². The molecular weight excluding hydrogens is 418 g/mol. The molecule has 0 radical (unpaired) electrons. The van der Waals surface area contributed by atoms with Crippen LogP contribution in [0.1, 0.15) is 56.6 Å². The van der Waals surface area contributed by atoms with Crippen molar-refractivity contribution in [3.63, 3.8) is 0 Å². The van der Waals surface area contributed by atoms with E-state index in [9.17, 15) is 4.79 Å². The van der Waals surface area contributed by atoms with Crippen LogP contribution >= 0.6 is 11.6 Å². The van der Waals surface area contributed by atoms with Crippen molar-refractivity contribution in [3.8, 4) is 22.3 Å². The van der Waals surface area contributed by atoms with Gasteiger partial charge in [0.15, 0.2) is 0 Å². The van der Waals surface area contributed by atoms with Crippen LogP contribution in [0.5, 0.6) is 0 Å². The number of likely N-dealkylation sites (tertiary alicyclic amines) is 1. The molecule has 166 valence electrons. The lowest BCUT2D eigenvalue weighted by molar-refractivity contribution is 0.0683. The van der Waals surface area contributed by atoms with Crippen LogP contribution in [0.3, 0.4) is 0 Å². The molecule has 4 rings (SSSR count). The number of amides is 1. The predicted octanol–water partition coefficient (Wildman–Crippen LogP) is 6.63. The number of benzene rings is 1. The molecule has 0 N–H and O–H groups in total. The lowest BCUT2D eigenvalue weighted by Gasteiger charge is -2.31. The molecule has 0 saturated carbocycles. The summed E-state index contributed by atoms with van der Waals surface area (Å²) in [5.74, 6) is 0.603. The topological polar surface area (TPSA) is 46.1 Å². The van der Waals surface area contributed by atoms with Gasteiger partial charge in [0.25, 0.3) is 5.91 Å². The van der Waals surface area contributed by atoms with E-state index in [1.54, 1.807) is 6.07 Å². The first-order valence-electron chi connectivity index (χ1n) is 11.2. The quantitative estimate of drug-likeness (QED) is 0.452. The molecule has 0 aliphatic carbocycles. The third kappa shape index (κ3) is 4.86. The van der Waals surface area contributed by atoms with Gasteiger partial charge in [-0.05, 0) is 54.7 Å². The molecule has 5 heteroatoms. The molecule has 1 unspecified atom stereocenters. The van der Waals surface area contributed by atoms with Gasteiger partial charge in [0.05, 0.1) is 0 Å². The van der Waals surface area contributed by atoms with Crippen molar-refractivity contribution in [2.24, 2.45) is 5.92 Å². The molecule has 0 bridgehead atoms. The summed E-state index contributed by atoms with van der Waals surface area (Å²) < 4.78 is 0. The van der Waals surface area contributed by atoms with Crippen LogP contribution in [0.4, 0.5) is 0 Å². The Hall–Kier alpha value is -2.72. The first-order valence-corrected chi connectivity index (χ1v) is 11.6. The van der Waals surface area contributed by atoms with E-state index in [1.165, 1.54) is 6.42 Å². The number of carbonyl (C=O) groups is 1. The number of rotatable bonds is 3. The highest BCUT2D eigenvalue weighted by atomic mass is 35.5. The second-order valence-electron chi connectivity index (χ2n) is 9.84. The van der Waals surface area contributed by atoms with Crippen molar-refractivity contribution in [1.82, 2.24) is 14.9 Å². The molecule has 1 aromatic carbocycles. The minimum atomic E-state index is -0.0289. The van der Waals surface area contributed by atoms with Gasteiger partial charge < -0.3 is 4.90 Å². The molecule has 32 heavy (non-hydrogen) atoms. The molecule has 0 spiro atoms. The largest absolute Gasteiger partial charge is 0.338 e. The van der Waals surface area contributed by atoms with Crippen molar-refractivity contribution in [1.29, 1.82) is 0 Å². The Morgan fingerprint density at radius 3 is 2.56 bits per heavy atom. The van der Waals surface area contributed by atoms with Crippen molar-refractivity contribution in [2.45, 2.75) is 46.0 Å². The van der Waals surface area contributed by atoms with E-state index in [0.29, 0.717) is 16.5 Å². The van der Waals surface area contributed by atoms with Gasteiger partial charge in [-0.3, -0.25) is 14.8 Å². The Morgan fingerprint density at radius 1 is 1.06 bits per heavy atom. The Labute approximate surface area is 195 Å². The van der Waals surface area contributed by atoms with E-state index in [0.717, 1.165) is 47.5 Å². The zero-order valence-electron chi connectivity index (χ0n) is 19.2. The number of carbonyl (C=O) groups excluding carboxylic acids is 1. The Morgan fingerprint density at radius 2 is 1.84 bits per heavy atom. The number of halogens is 1. The second kappa shape index (κ2) is 9.03. The first-order chi connectivity index (χ1) is 15.2. The summed E-state index contributed by atoms with van der Waals surface area (Å²) >= 11 is 6.65. The smallest absolute Gasteiger partial charge is 0.253 e. The van der Waals surface area contributed by atoms with Crippen molar-refractivity contribution >= 4 is 17.5 Å². The molecule has 3 heterocycles. The average molecular weight is 448 g/mol. The predicted molar refractivity (Wildman–Crippen MR) is 131 cm³/mol. The highest BCUT2D eigenvalue weighted by Crippen LogP contribution is 2.32. The zero-order valence-corrected chi connectivity index (χ0v) is 20.0. The van der Waals surface area contributed by atoms with Gasteiger partial charge in [0.1, 0.15) is 0 Å². The summed E-state index contributed by atoms with van der Waals surface area (Å²) in [6.45, 7) is 10.3. The van der Waals surface area contributed by atoms with Crippen LogP contribution in [0.2, 0.25) is 5.02 Å². The highest BCUT2D eigenvalue weighted by molar-refractivity contribution is 6.33. The summed E-state index contributed by atoms with van der Waals surface area (Å²) in [7, 11) is 0. The van der Waals surface area contributed by atoms with Crippen LogP contribution in [-0.4, -0.2) is 33.9 Å². The van der Waals surface area contributed by atoms with Gasteiger partial charge in [0.2, 0.25) is 0 Å². The minimum Gasteiger partial charge on any atom is -0.338 e. The maximum Gasteiger partial charge on any atom is 0.253 e. The van der Waals surface area contributed by atoms with Gasteiger partial charge in [-0.25, -0.2) is 0 Å². The van der Waals surface area contributed by atoms with E-state index in [1.807, 2.05) is 41.7 Å². The standard InChI is InChI=1S/C27H30ClN3O/c1-18-6-5-11-31(17-18)26(32)20-7-8-23(24(28)13-20)22-12-21(15-29-16-22)19-9-10-30-25(14-19)27(2,3)4/h7-10,12-16,18H,5-6,11,17H2,1-4H3. The number of hydrogen-bond donors (Lipinski definition) is 0. The fraction of sp³-hybridized carbons (Fsp3) is 0.370. The summed E-state index contributed by atoms with van der Waals surface area (Å²) in [6, 6.07) is 11.8. The van der Waals surface area contributed by atoms with Gasteiger partial charge in [0, 0.05) is 70.1 Å². The van der Waals surface area contributed by atoms with Crippen molar-refractivity contribution in [3.05, 3.63) is 71.3 Å². The SMILES string of the molecule is CC1CCCN(C(=O)c2ccc(-c3cncc(-c4ccnc(C(C)(C)C)c4)c3)c(Cl)c2)C1. The van der Waals surface area contributed by atoms with Gasteiger partial charge in [-0.15, -0.1) is 0 Å². The van der Waals surface area contributed by atoms with E-state index in [-0.39, 0.29) is 11.3 Å². The van der Waals surface area contributed by atoms with E-state index in [2.05, 4.69) is 49.8 Å². The third-order valence-electron chi connectivity index (χ3n) is 6.07. The number of piperidine rings is 1. The molecule has 1 amide bonds. The van der Waals surface area contributed by atoms with Gasteiger partial charge >= 0.3 is 0 Å². The average Bonchev–Trinajstić information content (AvgIpc) is 2.78. The molecule has 3 aromatic rings. The summed E-state index contributed by atoms with van der Waals surface area (Å²) in [5, 5.41) is 0.560. The number of nitrogens with zero attached hydrogens (tertiary/aromatic N) is 3. The molecule has 1 atom stereocenters. The van der Waals surface area contributed by atoms with Crippen LogP contribution < -0.4 is 0 Å². The highest BCUT2D eigenvalue weighted by Gasteiger charge is 2.23. The molecular formula is C27H30ClN3O. The molecule has 1 aliphatic rings. The normalized spacial score (nSPS) is 16.8. The lowest BCUT2D eigenvalue weighted by Crippen LogP contribution is -2.39. The molecule has 2 aromatic heterocycles. The van der Waals surface area contributed by atoms with E-state index < -0.39 is 0 Å². The van der Waals surface area contributed by atoms with Crippen LogP contribution in [-0.2, 0) is 5.41 Å². The van der Waals surface area contributed by atoms with Crippen LogP contribution in [0.25, 0.3) is 22.3 Å². The zero-order chi connectivity index (χ0) is 22.9. The first kappa shape index (κ1) is 22.5. The monoisotopic (exact) mass is 447 g/mol. The molecule has 1 aliphatic heterocycles. The maximum atomic E-state index is 12.9. The lowest BCUT2D eigenvalue weighted by atomic mass is 9.90. The number of aromatic nitrogens is 2. The fourth-order valence-corrected chi connectivity index (χ4v) is 4.49. The Balaban J connectivity index is 1.62. The summed E-state index contributed by atoms with van der Waals surface area (Å²) in [4.78, 5) is 23.9. The van der Waals surface area contributed by atoms with Crippen molar-refractivity contribution in [2.75, 3.05) is 13.1 Å². The van der Waals surface area contributed by atoms with Gasteiger partial charge in [-0.2, -0.15) is 0 Å². The van der Waals surface area contributed by atoms with E-state index >= 15 is 0 Å². The molecule has 1 fully saturated rings. The molecule has 1 saturated heterocycles. The third-order valence-corrected chi connectivity index (χ3v) is 6.38. The molecule has 4 nitrogen and oxygen atoms in total. The Bertz CT molecular complexity index is 1140. The van der Waals surface area contributed by atoms with E-state index in [4.69, 9.17) is 11.6 Å². The minimum absolute atomic E-state index is 0.0289. The van der Waals surface area contributed by atoms with Crippen molar-refractivity contribution < 1.29 is 4.79 Å². The number of hydrogen-bond acceptors (Lipinski definition) is 3. The second-order valence-corrected chi connectivity index (χ2v) is 10.2. The number of pyridine rings is 2. The maximum absolute atomic E-state index is 12.9.